The van der Waals surface area contributed by atoms with Crippen molar-refractivity contribution < 1.29 is 9.47 Å². The lowest BCUT2D eigenvalue weighted by Gasteiger charge is -2.15. The molecule has 2 saturated heterocycles. The number of hydrogen-bond acceptors (Lipinski definition) is 6. The highest BCUT2D eigenvalue weighted by Crippen LogP contribution is 2.30. The second-order valence-corrected chi connectivity index (χ2v) is 10.3. The largest absolute Gasteiger partial charge is 0.494 e. The molecule has 176 valence electrons. The van der Waals surface area contributed by atoms with E-state index in [4.69, 9.17) is 9.47 Å². The molecule has 0 amide bonds. The van der Waals surface area contributed by atoms with Crippen molar-refractivity contribution >= 4 is 31.5 Å². The van der Waals surface area contributed by atoms with E-state index in [-0.39, 0.29) is 5.43 Å². The maximum atomic E-state index is 13.2. The first kappa shape index (κ1) is 22.6. The second kappa shape index (κ2) is 10.9. The topological polar surface area (TPSA) is 42.0 Å². The summed E-state index contributed by atoms with van der Waals surface area (Å²) in [5, 5.41) is 1.49. The summed E-state index contributed by atoms with van der Waals surface area (Å²) in [6, 6.07) is 11.8. The van der Waals surface area contributed by atoms with Crippen molar-refractivity contribution in [3.63, 3.8) is 0 Å². The SMILES string of the molecule is O=c1c2ccc(OCCCN3CCCC3)cc2sc2ccc(OCCCN3CCCC3)cc12. The lowest BCUT2D eigenvalue weighted by molar-refractivity contribution is 0.263. The van der Waals surface area contributed by atoms with Crippen LogP contribution in [0.5, 0.6) is 11.5 Å². The minimum Gasteiger partial charge on any atom is -0.494 e. The Morgan fingerprint density at radius 1 is 0.697 bits per heavy atom. The van der Waals surface area contributed by atoms with Crippen LogP contribution < -0.4 is 14.9 Å². The zero-order chi connectivity index (χ0) is 22.5. The molecule has 0 radical (unpaired) electrons. The van der Waals surface area contributed by atoms with Gasteiger partial charge in [-0.1, -0.05) is 0 Å². The predicted octanol–water partition coefficient (Wildman–Crippen LogP) is 5.14. The third-order valence-corrected chi connectivity index (χ3v) is 7.92. The molecule has 0 spiro atoms. The van der Waals surface area contributed by atoms with Gasteiger partial charge in [0.1, 0.15) is 11.5 Å². The molecule has 2 fully saturated rings. The number of rotatable bonds is 10. The Balaban J connectivity index is 1.21. The number of benzene rings is 2. The lowest BCUT2D eigenvalue weighted by atomic mass is 10.1. The third-order valence-electron chi connectivity index (χ3n) is 6.79. The minimum atomic E-state index is 0.0712. The second-order valence-electron chi connectivity index (χ2n) is 9.25. The molecule has 0 unspecified atom stereocenters. The summed E-state index contributed by atoms with van der Waals surface area (Å²) in [6.45, 7) is 8.48. The molecule has 6 heteroatoms. The summed E-state index contributed by atoms with van der Waals surface area (Å²) in [7, 11) is 0. The Labute approximate surface area is 199 Å². The Kier molecular flexibility index (Phi) is 7.44. The summed E-state index contributed by atoms with van der Waals surface area (Å²) >= 11 is 1.64. The van der Waals surface area contributed by atoms with Crippen LogP contribution in [0.2, 0.25) is 0 Å². The molecule has 0 saturated carbocycles. The molecule has 3 aromatic rings. The fourth-order valence-corrected chi connectivity index (χ4v) is 6.04. The molecule has 1 aromatic heterocycles. The highest BCUT2D eigenvalue weighted by molar-refractivity contribution is 7.24. The molecule has 2 aliphatic rings. The van der Waals surface area contributed by atoms with Crippen molar-refractivity contribution in [2.45, 2.75) is 38.5 Å². The van der Waals surface area contributed by atoms with Crippen molar-refractivity contribution in [1.82, 2.24) is 9.80 Å². The van der Waals surface area contributed by atoms with Gasteiger partial charge < -0.3 is 19.3 Å². The monoisotopic (exact) mass is 466 g/mol. The molecule has 2 aliphatic heterocycles. The molecular formula is C27H34N2O3S. The Bertz CT molecular complexity index is 1130. The predicted molar refractivity (Wildman–Crippen MR) is 137 cm³/mol. The van der Waals surface area contributed by atoms with Crippen LogP contribution in [-0.2, 0) is 0 Å². The Morgan fingerprint density at radius 3 is 1.91 bits per heavy atom. The summed E-state index contributed by atoms with van der Waals surface area (Å²) in [6.07, 6.45) is 7.34. The Morgan fingerprint density at radius 2 is 1.27 bits per heavy atom. The lowest BCUT2D eigenvalue weighted by Crippen LogP contribution is -2.21. The molecule has 33 heavy (non-hydrogen) atoms. The molecule has 5 rings (SSSR count). The van der Waals surface area contributed by atoms with E-state index in [2.05, 4.69) is 9.80 Å². The van der Waals surface area contributed by atoms with Crippen molar-refractivity contribution in [1.29, 1.82) is 0 Å². The van der Waals surface area contributed by atoms with Gasteiger partial charge in [-0.05, 0) is 101 Å². The number of ether oxygens (including phenoxy) is 2. The fraction of sp³-hybridized carbons (Fsp3) is 0.519. The maximum Gasteiger partial charge on any atom is 0.196 e. The van der Waals surface area contributed by atoms with E-state index in [0.717, 1.165) is 57.6 Å². The molecule has 0 aliphatic carbocycles. The average molecular weight is 467 g/mol. The van der Waals surface area contributed by atoms with Crippen molar-refractivity contribution in [3.8, 4) is 11.5 Å². The van der Waals surface area contributed by atoms with Crippen LogP contribution >= 0.6 is 11.3 Å². The number of hydrogen-bond donors (Lipinski definition) is 0. The highest BCUT2D eigenvalue weighted by atomic mass is 32.1. The maximum absolute atomic E-state index is 13.2. The van der Waals surface area contributed by atoms with E-state index in [1.165, 1.54) is 51.9 Å². The smallest absolute Gasteiger partial charge is 0.196 e. The fourth-order valence-electron chi connectivity index (χ4n) is 4.96. The van der Waals surface area contributed by atoms with Crippen LogP contribution in [0.3, 0.4) is 0 Å². The van der Waals surface area contributed by atoms with Gasteiger partial charge in [-0.3, -0.25) is 4.79 Å². The first-order valence-electron chi connectivity index (χ1n) is 12.5. The molecule has 0 N–H and O–H groups in total. The van der Waals surface area contributed by atoms with Gasteiger partial charge in [-0.15, -0.1) is 11.3 Å². The normalized spacial score (nSPS) is 17.3. The van der Waals surface area contributed by atoms with Crippen LogP contribution in [0, 0.1) is 0 Å². The Hall–Kier alpha value is -2.15. The van der Waals surface area contributed by atoms with E-state index in [1.54, 1.807) is 11.3 Å². The zero-order valence-electron chi connectivity index (χ0n) is 19.4. The van der Waals surface area contributed by atoms with E-state index in [0.29, 0.717) is 13.2 Å². The van der Waals surface area contributed by atoms with Crippen LogP contribution in [0.4, 0.5) is 0 Å². The van der Waals surface area contributed by atoms with Gasteiger partial charge in [-0.25, -0.2) is 0 Å². The molecule has 0 atom stereocenters. The standard InChI is InChI=1S/C27H34N2O3S/c30-27-23-9-7-22(32-18-6-16-29-13-3-4-14-29)20-26(23)33-25-10-8-21(19-24(25)27)31-17-5-15-28-11-1-2-12-28/h7-10,19-20H,1-6,11-18H2. The van der Waals surface area contributed by atoms with Gasteiger partial charge in [0, 0.05) is 33.3 Å². The van der Waals surface area contributed by atoms with E-state index < -0.39 is 0 Å². The van der Waals surface area contributed by atoms with Crippen molar-refractivity contribution in [3.05, 3.63) is 46.6 Å². The van der Waals surface area contributed by atoms with E-state index in [9.17, 15) is 4.79 Å². The van der Waals surface area contributed by atoms with Gasteiger partial charge in [0.15, 0.2) is 5.43 Å². The molecule has 3 heterocycles. The average Bonchev–Trinajstić information content (AvgIpc) is 3.54. The number of likely N-dealkylation sites (tertiary alicyclic amines) is 2. The van der Waals surface area contributed by atoms with Gasteiger partial charge >= 0.3 is 0 Å². The van der Waals surface area contributed by atoms with Gasteiger partial charge in [-0.2, -0.15) is 0 Å². The van der Waals surface area contributed by atoms with Gasteiger partial charge in [0.05, 0.1) is 13.2 Å². The van der Waals surface area contributed by atoms with Crippen LogP contribution in [0.1, 0.15) is 38.5 Å². The molecular weight excluding hydrogens is 432 g/mol. The molecule has 2 aromatic carbocycles. The van der Waals surface area contributed by atoms with Crippen LogP contribution in [0.25, 0.3) is 20.2 Å². The van der Waals surface area contributed by atoms with Crippen LogP contribution in [0.15, 0.2) is 41.2 Å². The summed E-state index contributed by atoms with van der Waals surface area (Å²) in [4.78, 5) is 18.2. The summed E-state index contributed by atoms with van der Waals surface area (Å²) in [5.41, 5.74) is 0.0712. The van der Waals surface area contributed by atoms with Gasteiger partial charge in [0.2, 0.25) is 0 Å². The number of nitrogens with zero attached hydrogens (tertiary/aromatic N) is 2. The van der Waals surface area contributed by atoms with E-state index in [1.807, 2.05) is 36.4 Å². The summed E-state index contributed by atoms with van der Waals surface area (Å²) in [5.74, 6) is 1.63. The number of fused-ring (bicyclic) bond motifs is 2. The highest BCUT2D eigenvalue weighted by Gasteiger charge is 2.12. The third kappa shape index (κ3) is 5.68. The summed E-state index contributed by atoms with van der Waals surface area (Å²) < 4.78 is 13.9. The van der Waals surface area contributed by atoms with Crippen molar-refractivity contribution in [2.24, 2.45) is 0 Å². The van der Waals surface area contributed by atoms with Crippen LogP contribution in [-0.4, -0.2) is 62.3 Å². The van der Waals surface area contributed by atoms with Crippen molar-refractivity contribution in [2.75, 3.05) is 52.5 Å². The first-order valence-corrected chi connectivity index (χ1v) is 13.3. The minimum absolute atomic E-state index is 0.0712. The van der Waals surface area contributed by atoms with E-state index >= 15 is 0 Å². The zero-order valence-corrected chi connectivity index (χ0v) is 20.2. The molecule has 0 bridgehead atoms. The quantitative estimate of drug-likeness (QED) is 0.306. The molecule has 5 nitrogen and oxygen atoms in total. The first-order chi connectivity index (χ1) is 16.3. The van der Waals surface area contributed by atoms with Gasteiger partial charge in [0.25, 0.3) is 0 Å².